The Morgan fingerprint density at radius 1 is 0.183 bits per heavy atom. The summed E-state index contributed by atoms with van der Waals surface area (Å²) in [6, 6.07) is 81.6. The highest BCUT2D eigenvalue weighted by Crippen LogP contribution is 2.62. The summed E-state index contributed by atoms with van der Waals surface area (Å²) in [6.07, 6.45) is 0. The molecule has 13 rings (SSSR count). The molecule has 1 aliphatic rings. The fourth-order valence-electron chi connectivity index (χ4n) is 10.6. The second kappa shape index (κ2) is 12.9. The minimum atomic E-state index is 1.21. The van der Waals surface area contributed by atoms with Gasteiger partial charge in [-0.1, -0.05) is 200 Å². The van der Waals surface area contributed by atoms with Gasteiger partial charge >= 0.3 is 0 Å². The van der Waals surface area contributed by atoms with Crippen molar-refractivity contribution in [3.63, 3.8) is 0 Å². The summed E-state index contributed by atoms with van der Waals surface area (Å²) in [4.78, 5) is 0. The lowest BCUT2D eigenvalue weighted by Crippen LogP contribution is -1.99. The average Bonchev–Trinajstić information content (AvgIpc) is 3.64. The van der Waals surface area contributed by atoms with Crippen molar-refractivity contribution in [1.29, 1.82) is 0 Å². The standard InChI is InChI=1S/C60H36/c1-3-18-39(19-4-1)52-48-26-13-14-27-49(48)53(40-20-5-2-6-21-40)60-55(45-33-31-38-17-8-10-23-42(38)35-45)58-51-36-43-24-11-12-25-46(43)47-28-15-29-50(56(47)51)57(58)54(59(52)60)44-32-30-37-16-7-9-22-41(37)34-44/h1-36H. The molecule has 0 saturated carbocycles. The zero-order valence-corrected chi connectivity index (χ0v) is 32.8. The molecule has 0 heterocycles. The van der Waals surface area contributed by atoms with Gasteiger partial charge in [0.05, 0.1) is 0 Å². The second-order valence-corrected chi connectivity index (χ2v) is 16.3. The Labute approximate surface area is 348 Å². The van der Waals surface area contributed by atoms with E-state index < -0.39 is 0 Å². The smallest absolute Gasteiger partial charge is 0.000116 e. The molecule has 0 heteroatoms. The summed E-state index contributed by atoms with van der Waals surface area (Å²) >= 11 is 0. The van der Waals surface area contributed by atoms with Gasteiger partial charge in [-0.25, -0.2) is 0 Å². The lowest BCUT2D eigenvalue weighted by atomic mass is 9.75. The van der Waals surface area contributed by atoms with E-state index in [9.17, 15) is 0 Å². The lowest BCUT2D eigenvalue weighted by Gasteiger charge is -2.27. The van der Waals surface area contributed by atoms with Gasteiger partial charge in [0.1, 0.15) is 0 Å². The zero-order chi connectivity index (χ0) is 39.3. The van der Waals surface area contributed by atoms with Gasteiger partial charge in [0.2, 0.25) is 0 Å². The molecule has 0 bridgehead atoms. The van der Waals surface area contributed by atoms with Gasteiger partial charge in [-0.15, -0.1) is 0 Å². The van der Waals surface area contributed by atoms with Gasteiger partial charge in [-0.3, -0.25) is 0 Å². The van der Waals surface area contributed by atoms with Gasteiger partial charge in [0.15, 0.2) is 0 Å². The van der Waals surface area contributed by atoms with Crippen LogP contribution in [0.15, 0.2) is 218 Å². The van der Waals surface area contributed by atoms with Gasteiger partial charge in [-0.2, -0.15) is 0 Å². The van der Waals surface area contributed by atoms with Crippen molar-refractivity contribution in [1.82, 2.24) is 0 Å². The summed E-state index contributed by atoms with van der Waals surface area (Å²) in [5.74, 6) is 0. The highest BCUT2D eigenvalue weighted by molar-refractivity contribution is 6.37. The van der Waals surface area contributed by atoms with Gasteiger partial charge in [0.25, 0.3) is 0 Å². The van der Waals surface area contributed by atoms with E-state index in [1.807, 2.05) is 0 Å². The molecule has 0 amide bonds. The quantitative estimate of drug-likeness (QED) is 0.124. The third-order valence-electron chi connectivity index (χ3n) is 13.1. The normalized spacial score (nSPS) is 12.0. The summed E-state index contributed by atoms with van der Waals surface area (Å²) in [5, 5.41) is 15.2. The molecule has 60 heavy (non-hydrogen) atoms. The van der Waals surface area contributed by atoms with Crippen LogP contribution >= 0.6 is 0 Å². The van der Waals surface area contributed by atoms with E-state index >= 15 is 0 Å². The third-order valence-corrected chi connectivity index (χ3v) is 13.1. The fraction of sp³-hybridized carbons (Fsp3) is 0. The number of hydrogen-bond donors (Lipinski definition) is 0. The van der Waals surface area contributed by atoms with E-state index in [1.165, 1.54) is 131 Å². The second-order valence-electron chi connectivity index (χ2n) is 16.3. The van der Waals surface area contributed by atoms with Crippen LogP contribution in [0.1, 0.15) is 0 Å². The summed E-state index contributed by atoms with van der Waals surface area (Å²) in [7, 11) is 0. The van der Waals surface area contributed by atoms with Crippen molar-refractivity contribution in [3.05, 3.63) is 218 Å². The number of hydrogen-bond acceptors (Lipinski definition) is 0. The van der Waals surface area contributed by atoms with Crippen LogP contribution in [0.3, 0.4) is 0 Å². The van der Waals surface area contributed by atoms with Crippen LogP contribution in [0.4, 0.5) is 0 Å². The lowest BCUT2D eigenvalue weighted by molar-refractivity contribution is 1.62. The molecule has 12 aromatic rings. The Morgan fingerprint density at radius 3 is 1.17 bits per heavy atom. The average molecular weight is 757 g/mol. The van der Waals surface area contributed by atoms with E-state index in [4.69, 9.17) is 0 Å². The molecule has 0 aliphatic heterocycles. The molecule has 0 aromatic heterocycles. The van der Waals surface area contributed by atoms with Crippen LogP contribution in [-0.4, -0.2) is 0 Å². The van der Waals surface area contributed by atoms with Gasteiger partial charge < -0.3 is 0 Å². The predicted molar refractivity (Wildman–Crippen MR) is 258 cm³/mol. The van der Waals surface area contributed by atoms with Crippen molar-refractivity contribution in [2.45, 2.75) is 0 Å². The molecule has 0 atom stereocenters. The van der Waals surface area contributed by atoms with E-state index in [1.54, 1.807) is 0 Å². The maximum atomic E-state index is 2.48. The maximum Gasteiger partial charge on any atom is -0.000116 e. The zero-order valence-electron chi connectivity index (χ0n) is 32.8. The molecule has 1 aliphatic carbocycles. The molecule has 12 aromatic carbocycles. The molecule has 0 N–H and O–H groups in total. The molecule has 0 saturated heterocycles. The van der Waals surface area contributed by atoms with Crippen molar-refractivity contribution in [3.8, 4) is 66.8 Å². The first kappa shape index (κ1) is 33.2. The predicted octanol–water partition coefficient (Wildman–Crippen LogP) is 16.9. The van der Waals surface area contributed by atoms with E-state index in [0.717, 1.165) is 0 Å². The highest BCUT2D eigenvalue weighted by Gasteiger charge is 2.34. The minimum absolute atomic E-state index is 1.21. The van der Waals surface area contributed by atoms with E-state index in [0.29, 0.717) is 0 Å². The Balaban J connectivity index is 1.38. The summed E-state index contributed by atoms with van der Waals surface area (Å²) in [5.41, 5.74) is 15.2. The topological polar surface area (TPSA) is 0 Å². The van der Waals surface area contributed by atoms with Crippen LogP contribution in [0, 0.1) is 0 Å². The van der Waals surface area contributed by atoms with Crippen molar-refractivity contribution < 1.29 is 0 Å². The molecule has 0 spiro atoms. The summed E-state index contributed by atoms with van der Waals surface area (Å²) in [6.45, 7) is 0. The summed E-state index contributed by atoms with van der Waals surface area (Å²) < 4.78 is 0. The largest absolute Gasteiger partial charge is 0.0622 e. The maximum absolute atomic E-state index is 2.48. The van der Waals surface area contributed by atoms with Crippen molar-refractivity contribution in [2.75, 3.05) is 0 Å². The van der Waals surface area contributed by atoms with Crippen LogP contribution in [-0.2, 0) is 0 Å². The molecular weight excluding hydrogens is 721 g/mol. The molecule has 0 unspecified atom stereocenters. The van der Waals surface area contributed by atoms with Crippen LogP contribution in [0.5, 0.6) is 0 Å². The monoisotopic (exact) mass is 756 g/mol. The Kier molecular flexibility index (Phi) is 7.11. The Hall–Kier alpha value is -7.80. The molecule has 0 nitrogen and oxygen atoms in total. The third kappa shape index (κ3) is 4.73. The van der Waals surface area contributed by atoms with Crippen molar-refractivity contribution in [2.24, 2.45) is 0 Å². The molecule has 0 radical (unpaired) electrons. The Morgan fingerprint density at radius 2 is 0.617 bits per heavy atom. The highest BCUT2D eigenvalue weighted by atomic mass is 14.4. The first-order valence-corrected chi connectivity index (χ1v) is 20.9. The first-order chi connectivity index (χ1) is 29.8. The first-order valence-electron chi connectivity index (χ1n) is 20.9. The SMILES string of the molecule is c1ccc(-c2c3ccccc3c(-c3ccccc3)c3c(-c4ccc5ccccc5c4)c4c(c(-c5ccc6ccccc6c5)c23)-c2cccc3c2c-4cc2ccccc23)cc1. The Bertz CT molecular complexity index is 3740. The fourth-order valence-corrected chi connectivity index (χ4v) is 10.6. The van der Waals surface area contributed by atoms with Crippen LogP contribution in [0.2, 0.25) is 0 Å². The van der Waals surface area contributed by atoms with Crippen molar-refractivity contribution >= 4 is 64.6 Å². The number of rotatable bonds is 4. The van der Waals surface area contributed by atoms with Crippen LogP contribution < -0.4 is 0 Å². The van der Waals surface area contributed by atoms with E-state index in [-0.39, 0.29) is 0 Å². The van der Waals surface area contributed by atoms with Gasteiger partial charge in [-0.05, 0) is 150 Å². The number of benzene rings is 12. The minimum Gasteiger partial charge on any atom is -0.0622 e. The van der Waals surface area contributed by atoms with Crippen LogP contribution in [0.25, 0.3) is 131 Å². The molecular formula is C60H36. The molecule has 0 fully saturated rings. The van der Waals surface area contributed by atoms with E-state index in [2.05, 4.69) is 218 Å². The molecule has 276 valence electrons. The number of fused-ring (bicyclic) bond motifs is 9. The van der Waals surface area contributed by atoms with Gasteiger partial charge in [0, 0.05) is 0 Å².